The Morgan fingerprint density at radius 3 is 2.68 bits per heavy atom. The number of amides is 3. The fourth-order valence-electron chi connectivity index (χ4n) is 4.20. The van der Waals surface area contributed by atoms with Gasteiger partial charge in [0, 0.05) is 30.3 Å². The average Bonchev–Trinajstić information content (AvgIpc) is 3.18. The van der Waals surface area contributed by atoms with E-state index >= 15 is 0 Å². The summed E-state index contributed by atoms with van der Waals surface area (Å²) in [6.07, 6.45) is 5.00. The minimum absolute atomic E-state index is 0.114. The van der Waals surface area contributed by atoms with Crippen LogP contribution in [0.15, 0.2) is 42.6 Å². The Balaban J connectivity index is 1.33. The molecule has 1 aliphatic heterocycles. The normalized spacial score (nSPS) is 23.1. The molecule has 0 bridgehead atoms. The van der Waals surface area contributed by atoms with Crippen LogP contribution in [0.5, 0.6) is 0 Å². The first-order chi connectivity index (χ1) is 15.0. The second-order valence-corrected chi connectivity index (χ2v) is 8.12. The van der Waals surface area contributed by atoms with Crippen LogP contribution >= 0.6 is 0 Å². The molecule has 4 rings (SSSR count). The van der Waals surface area contributed by atoms with Gasteiger partial charge in [0.15, 0.2) is 0 Å². The van der Waals surface area contributed by atoms with Crippen molar-refractivity contribution >= 4 is 17.7 Å². The van der Waals surface area contributed by atoms with Crippen molar-refractivity contribution in [3.63, 3.8) is 0 Å². The number of nitrogens with one attached hydrogen (secondary N) is 3. The van der Waals surface area contributed by atoms with Crippen LogP contribution in [0, 0.1) is 11.7 Å². The minimum Gasteiger partial charge on any atom is -0.354 e. The molecule has 1 aromatic heterocycles. The molecule has 0 radical (unpaired) electrons. The van der Waals surface area contributed by atoms with Crippen molar-refractivity contribution in [2.24, 2.45) is 5.92 Å². The fraction of sp³-hybridized carbons (Fsp3) is 0.391. The highest BCUT2D eigenvalue weighted by atomic mass is 19.1. The third kappa shape index (κ3) is 5.07. The van der Waals surface area contributed by atoms with Crippen molar-refractivity contribution in [1.82, 2.24) is 20.9 Å². The van der Waals surface area contributed by atoms with Gasteiger partial charge in [0.05, 0.1) is 11.3 Å². The second-order valence-electron chi connectivity index (χ2n) is 8.12. The highest BCUT2D eigenvalue weighted by molar-refractivity contribution is 5.94. The highest BCUT2D eigenvalue weighted by Gasteiger charge is 2.32. The molecule has 31 heavy (non-hydrogen) atoms. The summed E-state index contributed by atoms with van der Waals surface area (Å²) in [5.41, 5.74) is 1.64. The van der Waals surface area contributed by atoms with Crippen LogP contribution in [0.25, 0.3) is 11.3 Å². The Labute approximate surface area is 179 Å². The van der Waals surface area contributed by atoms with E-state index in [9.17, 15) is 18.8 Å². The second kappa shape index (κ2) is 9.24. The van der Waals surface area contributed by atoms with Crippen molar-refractivity contribution < 1.29 is 18.8 Å². The summed E-state index contributed by atoms with van der Waals surface area (Å²) in [4.78, 5) is 41.2. The first kappa shape index (κ1) is 21.0. The van der Waals surface area contributed by atoms with Crippen molar-refractivity contribution in [3.05, 3.63) is 54.0 Å². The van der Waals surface area contributed by atoms with E-state index < -0.39 is 6.04 Å². The molecule has 1 saturated heterocycles. The van der Waals surface area contributed by atoms with Crippen LogP contribution in [0.3, 0.4) is 0 Å². The van der Waals surface area contributed by atoms with Crippen LogP contribution in [-0.2, 0) is 9.59 Å². The van der Waals surface area contributed by atoms with Gasteiger partial charge >= 0.3 is 0 Å². The molecule has 1 aromatic carbocycles. The van der Waals surface area contributed by atoms with Gasteiger partial charge in [-0.2, -0.15) is 0 Å². The lowest BCUT2D eigenvalue weighted by atomic mass is 9.84. The van der Waals surface area contributed by atoms with Gasteiger partial charge in [-0.15, -0.1) is 0 Å². The number of hydrogen-bond donors (Lipinski definition) is 3. The molecule has 8 heteroatoms. The van der Waals surface area contributed by atoms with E-state index in [4.69, 9.17) is 0 Å². The molecule has 2 heterocycles. The maximum Gasteiger partial charge on any atom is 0.253 e. The van der Waals surface area contributed by atoms with Gasteiger partial charge in [-0.3, -0.25) is 19.4 Å². The fourth-order valence-corrected chi connectivity index (χ4v) is 4.20. The van der Waals surface area contributed by atoms with Crippen LogP contribution in [0.1, 0.15) is 42.5 Å². The zero-order valence-electron chi connectivity index (χ0n) is 17.1. The van der Waals surface area contributed by atoms with E-state index in [1.54, 1.807) is 24.3 Å². The van der Waals surface area contributed by atoms with E-state index in [1.165, 1.54) is 18.3 Å². The number of nitrogens with zero attached hydrogens (tertiary/aromatic N) is 1. The summed E-state index contributed by atoms with van der Waals surface area (Å²) >= 11 is 0. The molecule has 3 N–H and O–H groups in total. The number of halogens is 1. The average molecular weight is 424 g/mol. The summed E-state index contributed by atoms with van der Waals surface area (Å²) < 4.78 is 13.4. The smallest absolute Gasteiger partial charge is 0.253 e. The number of carbonyl (C=O) groups excluding carboxylic acids is 3. The molecular formula is C23H25FN4O3. The number of hydrogen-bond acceptors (Lipinski definition) is 4. The van der Waals surface area contributed by atoms with Crippen LogP contribution < -0.4 is 16.0 Å². The molecule has 1 aliphatic carbocycles. The lowest BCUT2D eigenvalue weighted by Crippen LogP contribution is -2.46. The van der Waals surface area contributed by atoms with E-state index in [-0.39, 0.29) is 35.5 Å². The Morgan fingerprint density at radius 1 is 1.10 bits per heavy atom. The van der Waals surface area contributed by atoms with Gasteiger partial charge in [-0.1, -0.05) is 18.6 Å². The summed E-state index contributed by atoms with van der Waals surface area (Å²) in [6.45, 7) is 0.583. The topological polar surface area (TPSA) is 100 Å². The largest absolute Gasteiger partial charge is 0.354 e. The number of carbonyl (C=O) groups is 3. The van der Waals surface area contributed by atoms with Crippen LogP contribution in [0.2, 0.25) is 0 Å². The molecule has 7 nitrogen and oxygen atoms in total. The quantitative estimate of drug-likeness (QED) is 0.685. The Bertz CT molecular complexity index is 979. The lowest BCUT2D eigenvalue weighted by molar-refractivity contribution is -0.130. The molecule has 0 unspecified atom stereocenters. The third-order valence-corrected chi connectivity index (χ3v) is 5.89. The van der Waals surface area contributed by atoms with E-state index in [0.717, 1.165) is 19.3 Å². The monoisotopic (exact) mass is 424 g/mol. The Hall–Kier alpha value is -3.29. The SMILES string of the molecule is O=C(N[C@@H]1CCC[C@H](C(=O)N[C@H]2CCNC2=O)C1)c1ccc(-c2cccc(F)c2)nc1. The summed E-state index contributed by atoms with van der Waals surface area (Å²) in [5, 5.41) is 8.53. The first-order valence-corrected chi connectivity index (χ1v) is 10.6. The zero-order valence-corrected chi connectivity index (χ0v) is 17.1. The molecule has 162 valence electrons. The van der Waals surface area contributed by atoms with Crippen molar-refractivity contribution in [2.75, 3.05) is 6.54 Å². The predicted molar refractivity (Wildman–Crippen MR) is 112 cm³/mol. The molecule has 1 saturated carbocycles. The summed E-state index contributed by atoms with van der Waals surface area (Å²) in [6, 6.07) is 8.91. The summed E-state index contributed by atoms with van der Waals surface area (Å²) in [5.74, 6) is -1.07. The Morgan fingerprint density at radius 2 is 1.97 bits per heavy atom. The minimum atomic E-state index is -0.454. The van der Waals surface area contributed by atoms with E-state index in [1.807, 2.05) is 0 Å². The standard InChI is InChI=1S/C23H25FN4O3/c24-17-5-1-3-14(11-17)19-8-7-16(13-26-19)22(30)27-18-6-2-4-15(12-18)21(29)28-20-9-10-25-23(20)31/h1,3,5,7-8,11,13,15,18,20H,2,4,6,9-10,12H2,(H,25,31)(H,27,30)(H,28,29)/t15-,18+,20-/m0/s1. The molecule has 3 atom stereocenters. The summed E-state index contributed by atoms with van der Waals surface area (Å²) in [7, 11) is 0. The molecule has 2 fully saturated rings. The van der Waals surface area contributed by atoms with E-state index in [0.29, 0.717) is 36.2 Å². The zero-order chi connectivity index (χ0) is 21.8. The number of rotatable bonds is 5. The molecule has 2 aromatic rings. The predicted octanol–water partition coefficient (Wildman–Crippen LogP) is 2.18. The van der Waals surface area contributed by atoms with Gasteiger partial charge in [0.25, 0.3) is 5.91 Å². The van der Waals surface area contributed by atoms with Gasteiger partial charge in [-0.25, -0.2) is 4.39 Å². The maximum absolute atomic E-state index is 13.4. The van der Waals surface area contributed by atoms with E-state index in [2.05, 4.69) is 20.9 Å². The van der Waals surface area contributed by atoms with Gasteiger partial charge in [0.1, 0.15) is 11.9 Å². The van der Waals surface area contributed by atoms with Crippen molar-refractivity contribution in [1.29, 1.82) is 0 Å². The lowest BCUT2D eigenvalue weighted by Gasteiger charge is -2.29. The Kier molecular flexibility index (Phi) is 6.25. The van der Waals surface area contributed by atoms with Crippen LogP contribution in [-0.4, -0.2) is 41.3 Å². The number of pyridine rings is 1. The molecule has 0 spiro atoms. The molecule has 3 amide bonds. The van der Waals surface area contributed by atoms with Crippen molar-refractivity contribution in [3.8, 4) is 11.3 Å². The van der Waals surface area contributed by atoms with Gasteiger partial charge in [0.2, 0.25) is 11.8 Å². The highest BCUT2D eigenvalue weighted by Crippen LogP contribution is 2.25. The van der Waals surface area contributed by atoms with Gasteiger partial charge in [-0.05, 0) is 49.9 Å². The third-order valence-electron chi connectivity index (χ3n) is 5.89. The number of benzene rings is 1. The molecule has 2 aliphatic rings. The van der Waals surface area contributed by atoms with Gasteiger partial charge < -0.3 is 16.0 Å². The maximum atomic E-state index is 13.4. The van der Waals surface area contributed by atoms with Crippen LogP contribution in [0.4, 0.5) is 4.39 Å². The van der Waals surface area contributed by atoms with Crippen molar-refractivity contribution in [2.45, 2.75) is 44.2 Å². The molecular weight excluding hydrogens is 399 g/mol. The first-order valence-electron chi connectivity index (χ1n) is 10.6. The number of aromatic nitrogens is 1.